The number of carbonyl (C=O) groups is 2. The number of aromatic nitrogens is 2. The average molecular weight is 386 g/mol. The zero-order chi connectivity index (χ0) is 19.9. The lowest BCUT2D eigenvalue weighted by molar-refractivity contribution is -0.127. The van der Waals surface area contributed by atoms with Gasteiger partial charge in [0.25, 0.3) is 11.8 Å². The fourth-order valence-electron chi connectivity index (χ4n) is 2.92. The highest BCUT2D eigenvalue weighted by Crippen LogP contribution is 2.22. The van der Waals surface area contributed by atoms with Gasteiger partial charge < -0.3 is 19.5 Å². The minimum Gasteiger partial charge on any atom is -0.484 e. The molecule has 0 saturated carbocycles. The molecular formula is C20H26N4O4. The molecule has 0 radical (unpaired) electrons. The van der Waals surface area contributed by atoms with E-state index in [1.165, 1.54) is 0 Å². The third-order valence-corrected chi connectivity index (χ3v) is 4.53. The Labute approximate surface area is 164 Å². The summed E-state index contributed by atoms with van der Waals surface area (Å²) in [4.78, 5) is 29.6. The summed E-state index contributed by atoms with van der Waals surface area (Å²) in [6.45, 7) is 6.00. The Kier molecular flexibility index (Phi) is 6.62. The molecule has 1 aliphatic heterocycles. The number of amides is 2. The molecule has 1 saturated heterocycles. The van der Waals surface area contributed by atoms with Crippen molar-refractivity contribution in [1.82, 2.24) is 20.4 Å². The lowest BCUT2D eigenvalue weighted by atomic mass is 10.2. The number of likely N-dealkylation sites (tertiary alicyclic amines) is 1. The van der Waals surface area contributed by atoms with E-state index in [1.807, 2.05) is 30.9 Å². The van der Waals surface area contributed by atoms with Crippen molar-refractivity contribution < 1.29 is 18.8 Å². The van der Waals surface area contributed by atoms with Crippen LogP contribution in [0.3, 0.4) is 0 Å². The maximum atomic E-state index is 11.9. The monoisotopic (exact) mass is 386 g/mol. The summed E-state index contributed by atoms with van der Waals surface area (Å²) in [6.07, 6.45) is 2.32. The van der Waals surface area contributed by atoms with Crippen molar-refractivity contribution in [3.63, 3.8) is 0 Å². The van der Waals surface area contributed by atoms with Crippen molar-refractivity contribution in [2.45, 2.75) is 39.0 Å². The molecule has 0 aliphatic carbocycles. The predicted octanol–water partition coefficient (Wildman–Crippen LogP) is 2.37. The smallest absolute Gasteiger partial charge is 0.257 e. The van der Waals surface area contributed by atoms with Crippen molar-refractivity contribution in [2.75, 3.05) is 26.2 Å². The Morgan fingerprint density at radius 1 is 1.32 bits per heavy atom. The molecule has 28 heavy (non-hydrogen) atoms. The highest BCUT2D eigenvalue weighted by Gasteiger charge is 2.19. The van der Waals surface area contributed by atoms with E-state index in [2.05, 4.69) is 15.5 Å². The first-order valence-corrected chi connectivity index (χ1v) is 9.64. The van der Waals surface area contributed by atoms with Gasteiger partial charge in [-0.15, -0.1) is 0 Å². The van der Waals surface area contributed by atoms with Crippen LogP contribution in [0.4, 0.5) is 0 Å². The highest BCUT2D eigenvalue weighted by molar-refractivity contribution is 5.78. The van der Waals surface area contributed by atoms with Gasteiger partial charge in [-0.25, -0.2) is 0 Å². The molecule has 2 aromatic rings. The quantitative estimate of drug-likeness (QED) is 0.665. The van der Waals surface area contributed by atoms with Gasteiger partial charge in [-0.3, -0.25) is 9.59 Å². The number of hydrogen-bond donors (Lipinski definition) is 1. The second-order valence-electron chi connectivity index (χ2n) is 7.11. The van der Waals surface area contributed by atoms with Crippen LogP contribution in [0.15, 0.2) is 28.8 Å². The molecule has 1 aliphatic rings. The third-order valence-electron chi connectivity index (χ3n) is 4.53. The normalized spacial score (nSPS) is 14.0. The summed E-state index contributed by atoms with van der Waals surface area (Å²) < 4.78 is 10.8. The molecule has 1 N–H and O–H groups in total. The lowest BCUT2D eigenvalue weighted by Crippen LogP contribution is -2.33. The SMILES string of the molecule is CC(C)c1noc(-c2ccc(OCC(=O)NCCCN3CCCC3=O)cc2)n1. The third kappa shape index (κ3) is 5.31. The summed E-state index contributed by atoms with van der Waals surface area (Å²) in [6, 6.07) is 7.16. The van der Waals surface area contributed by atoms with Gasteiger partial charge in [-0.1, -0.05) is 19.0 Å². The van der Waals surface area contributed by atoms with Crippen LogP contribution in [-0.4, -0.2) is 53.1 Å². The molecular weight excluding hydrogens is 360 g/mol. The van der Waals surface area contributed by atoms with Crippen molar-refractivity contribution >= 4 is 11.8 Å². The summed E-state index contributed by atoms with van der Waals surface area (Å²) in [5, 5.41) is 6.75. The molecule has 2 heterocycles. The first kappa shape index (κ1) is 19.9. The van der Waals surface area contributed by atoms with Crippen LogP contribution < -0.4 is 10.1 Å². The van der Waals surface area contributed by atoms with Crippen LogP contribution >= 0.6 is 0 Å². The van der Waals surface area contributed by atoms with E-state index >= 15 is 0 Å². The van der Waals surface area contributed by atoms with Crippen molar-refractivity contribution in [2.24, 2.45) is 0 Å². The van der Waals surface area contributed by atoms with Gasteiger partial charge in [0, 0.05) is 37.5 Å². The minimum absolute atomic E-state index is 0.0555. The molecule has 0 bridgehead atoms. The first-order chi connectivity index (χ1) is 13.5. The van der Waals surface area contributed by atoms with Gasteiger partial charge in [0.05, 0.1) is 0 Å². The van der Waals surface area contributed by atoms with E-state index in [1.54, 1.807) is 12.1 Å². The molecule has 1 aromatic heterocycles. The predicted molar refractivity (Wildman–Crippen MR) is 103 cm³/mol. The van der Waals surface area contributed by atoms with Crippen LogP contribution in [0, 0.1) is 0 Å². The molecule has 0 spiro atoms. The van der Waals surface area contributed by atoms with Crippen molar-refractivity contribution in [1.29, 1.82) is 0 Å². The number of rotatable bonds is 9. The second kappa shape index (κ2) is 9.34. The number of ether oxygens (including phenoxy) is 1. The van der Waals surface area contributed by atoms with E-state index in [9.17, 15) is 9.59 Å². The molecule has 0 atom stereocenters. The van der Waals surface area contributed by atoms with Gasteiger partial charge in [0.1, 0.15) is 5.75 Å². The van der Waals surface area contributed by atoms with Gasteiger partial charge in [-0.05, 0) is 37.1 Å². The fraction of sp³-hybridized carbons (Fsp3) is 0.500. The van der Waals surface area contributed by atoms with E-state index in [4.69, 9.17) is 9.26 Å². The minimum atomic E-state index is -0.185. The zero-order valence-electron chi connectivity index (χ0n) is 16.3. The molecule has 3 rings (SSSR count). The molecule has 8 nitrogen and oxygen atoms in total. The zero-order valence-corrected chi connectivity index (χ0v) is 16.3. The van der Waals surface area contributed by atoms with Crippen molar-refractivity contribution in [3.05, 3.63) is 30.1 Å². The molecule has 0 unspecified atom stereocenters. The largest absolute Gasteiger partial charge is 0.484 e. The Hall–Kier alpha value is -2.90. The van der Waals surface area contributed by atoms with Crippen molar-refractivity contribution in [3.8, 4) is 17.2 Å². The van der Waals surface area contributed by atoms with Crippen LogP contribution in [0.1, 0.15) is 44.9 Å². The fourth-order valence-corrected chi connectivity index (χ4v) is 2.92. The maximum Gasteiger partial charge on any atom is 0.257 e. The van der Waals surface area contributed by atoms with Crippen LogP contribution in [0.5, 0.6) is 5.75 Å². The number of carbonyl (C=O) groups excluding carboxylic acids is 2. The van der Waals surface area contributed by atoms with E-state index in [0.717, 1.165) is 24.9 Å². The van der Waals surface area contributed by atoms with Crippen LogP contribution in [0.2, 0.25) is 0 Å². The standard InChI is InChI=1S/C20H26N4O4/c1-14(2)19-22-20(28-23-19)15-6-8-16(9-7-15)27-13-17(25)21-10-4-12-24-11-3-5-18(24)26/h6-9,14H,3-5,10-13H2,1-2H3,(H,21,25). The average Bonchev–Trinajstić information content (AvgIpc) is 3.33. The van der Waals surface area contributed by atoms with Gasteiger partial charge in [0.15, 0.2) is 12.4 Å². The van der Waals surface area contributed by atoms with Crippen LogP contribution in [0.25, 0.3) is 11.5 Å². The maximum absolute atomic E-state index is 11.9. The van der Waals surface area contributed by atoms with Gasteiger partial charge >= 0.3 is 0 Å². The molecule has 1 fully saturated rings. The Bertz CT molecular complexity index is 801. The van der Waals surface area contributed by atoms with Gasteiger partial charge in [-0.2, -0.15) is 4.98 Å². The van der Waals surface area contributed by atoms with E-state index < -0.39 is 0 Å². The number of benzene rings is 1. The molecule has 1 aromatic carbocycles. The Balaban J connectivity index is 1.38. The number of nitrogens with one attached hydrogen (secondary N) is 1. The van der Waals surface area contributed by atoms with E-state index in [0.29, 0.717) is 37.0 Å². The molecule has 150 valence electrons. The summed E-state index contributed by atoms with van der Waals surface area (Å²) >= 11 is 0. The van der Waals surface area contributed by atoms with Gasteiger partial charge in [0.2, 0.25) is 5.91 Å². The lowest BCUT2D eigenvalue weighted by Gasteiger charge is -2.15. The molecule has 2 amide bonds. The number of nitrogens with zero attached hydrogens (tertiary/aromatic N) is 3. The molecule has 8 heteroatoms. The van der Waals surface area contributed by atoms with Crippen LogP contribution in [-0.2, 0) is 9.59 Å². The summed E-state index contributed by atoms with van der Waals surface area (Å²) in [7, 11) is 0. The topological polar surface area (TPSA) is 97.6 Å². The Morgan fingerprint density at radius 3 is 2.75 bits per heavy atom. The highest BCUT2D eigenvalue weighted by atomic mass is 16.5. The van der Waals surface area contributed by atoms with E-state index in [-0.39, 0.29) is 24.3 Å². The Morgan fingerprint density at radius 2 is 2.11 bits per heavy atom. The number of hydrogen-bond acceptors (Lipinski definition) is 6. The second-order valence-corrected chi connectivity index (χ2v) is 7.11. The summed E-state index contributed by atoms with van der Waals surface area (Å²) in [5.41, 5.74) is 0.799. The first-order valence-electron chi connectivity index (χ1n) is 9.64. The summed E-state index contributed by atoms with van der Waals surface area (Å²) in [5.74, 6) is 1.94.